The number of hydrogen-bond donors (Lipinski definition) is 1. The summed E-state index contributed by atoms with van der Waals surface area (Å²) in [4.78, 5) is 40.4. The van der Waals surface area contributed by atoms with E-state index in [1.165, 1.54) is 11.6 Å². The molecular weight excluding hydrogens is 362 g/mol. The average Bonchev–Trinajstić information content (AvgIpc) is 3.13. The minimum atomic E-state index is -0.404. The van der Waals surface area contributed by atoms with Crippen molar-refractivity contribution >= 4 is 22.8 Å². The predicted octanol–water partition coefficient (Wildman–Crippen LogP) is 1.11. The maximum absolute atomic E-state index is 12.4. The Morgan fingerprint density at radius 1 is 1.14 bits per heavy atom. The lowest BCUT2D eigenvalue weighted by Gasteiger charge is -2.09. The largest absolute Gasteiger partial charge is 0.462 e. The van der Waals surface area contributed by atoms with Crippen LogP contribution in [0.1, 0.15) is 23.7 Å². The lowest BCUT2D eigenvalue weighted by Crippen LogP contribution is -2.37. The Hall–Kier alpha value is -3.36. The molecule has 0 aliphatic heterocycles. The first kappa shape index (κ1) is 19.4. The zero-order chi connectivity index (χ0) is 20.3. The smallest absolute Gasteiger partial charge is 0.338 e. The van der Waals surface area contributed by atoms with Gasteiger partial charge in [-0.25, -0.2) is 14.6 Å². The van der Waals surface area contributed by atoms with Gasteiger partial charge in [0.25, 0.3) is 5.56 Å². The van der Waals surface area contributed by atoms with Crippen LogP contribution < -0.4 is 16.6 Å². The van der Waals surface area contributed by atoms with Crippen LogP contribution in [-0.4, -0.2) is 37.8 Å². The van der Waals surface area contributed by atoms with Gasteiger partial charge in [-0.1, -0.05) is 6.92 Å². The maximum atomic E-state index is 12.4. The van der Waals surface area contributed by atoms with Gasteiger partial charge < -0.3 is 14.6 Å². The van der Waals surface area contributed by atoms with Gasteiger partial charge in [0, 0.05) is 32.9 Å². The molecule has 0 saturated heterocycles. The fourth-order valence-corrected chi connectivity index (χ4v) is 2.89. The molecule has 148 valence electrons. The highest BCUT2D eigenvalue weighted by Gasteiger charge is 2.14. The number of nitrogens with zero attached hydrogens (tertiary/aromatic N) is 4. The van der Waals surface area contributed by atoms with E-state index in [1.807, 2.05) is 6.92 Å². The van der Waals surface area contributed by atoms with Crippen molar-refractivity contribution in [1.82, 2.24) is 18.7 Å². The fraction of sp³-hybridized carbons (Fsp3) is 0.368. The van der Waals surface area contributed by atoms with Crippen LogP contribution in [0.2, 0.25) is 0 Å². The highest BCUT2D eigenvalue weighted by molar-refractivity contribution is 5.89. The normalized spacial score (nSPS) is 11.0. The zero-order valence-corrected chi connectivity index (χ0v) is 16.1. The molecule has 0 spiro atoms. The van der Waals surface area contributed by atoms with E-state index in [0.29, 0.717) is 36.4 Å². The van der Waals surface area contributed by atoms with E-state index in [-0.39, 0.29) is 11.5 Å². The Labute approximate surface area is 161 Å². The Balaban J connectivity index is 1.68. The Bertz CT molecular complexity index is 1110. The summed E-state index contributed by atoms with van der Waals surface area (Å²) in [6.07, 6.45) is 2.34. The van der Waals surface area contributed by atoms with Crippen molar-refractivity contribution in [3.05, 3.63) is 57.0 Å². The molecule has 1 aromatic carbocycles. The number of anilines is 1. The van der Waals surface area contributed by atoms with Crippen LogP contribution >= 0.6 is 0 Å². The van der Waals surface area contributed by atoms with Crippen LogP contribution in [0, 0.1) is 0 Å². The predicted molar refractivity (Wildman–Crippen MR) is 106 cm³/mol. The van der Waals surface area contributed by atoms with Crippen LogP contribution in [0.5, 0.6) is 0 Å². The van der Waals surface area contributed by atoms with Crippen molar-refractivity contribution in [2.24, 2.45) is 14.1 Å². The van der Waals surface area contributed by atoms with Crippen molar-refractivity contribution in [3.8, 4) is 0 Å². The molecule has 2 heterocycles. The maximum Gasteiger partial charge on any atom is 0.338 e. The van der Waals surface area contributed by atoms with Gasteiger partial charge in [0.2, 0.25) is 0 Å². The van der Waals surface area contributed by atoms with Gasteiger partial charge in [0.05, 0.1) is 18.5 Å². The Morgan fingerprint density at radius 2 is 1.86 bits per heavy atom. The number of hydrogen-bond acceptors (Lipinski definition) is 6. The summed E-state index contributed by atoms with van der Waals surface area (Å²) in [5.74, 6) is -0.334. The van der Waals surface area contributed by atoms with Crippen LogP contribution in [-0.2, 0) is 25.4 Å². The standard InChI is InChI=1S/C19H23N5O4/c1-4-11-28-18(26)13-5-7-14(8-6-13)20-9-10-24-12-21-16-15(24)17(25)23(3)19(27)22(16)2/h5-8,12,20H,4,9-11H2,1-3H3. The third kappa shape index (κ3) is 3.68. The molecule has 0 amide bonds. The van der Waals surface area contributed by atoms with Gasteiger partial charge in [-0.15, -0.1) is 0 Å². The number of benzene rings is 1. The van der Waals surface area contributed by atoms with E-state index in [9.17, 15) is 14.4 Å². The number of carbonyl (C=O) groups excluding carboxylic acids is 1. The van der Waals surface area contributed by atoms with Gasteiger partial charge >= 0.3 is 11.7 Å². The number of carbonyl (C=O) groups is 1. The summed E-state index contributed by atoms with van der Waals surface area (Å²) in [6, 6.07) is 7.02. The molecule has 2 aromatic heterocycles. The molecule has 0 aliphatic rings. The van der Waals surface area contributed by atoms with Gasteiger partial charge in [-0.2, -0.15) is 0 Å². The summed E-state index contributed by atoms with van der Waals surface area (Å²) >= 11 is 0. The lowest BCUT2D eigenvalue weighted by atomic mass is 10.2. The second-order valence-corrected chi connectivity index (χ2v) is 6.46. The summed E-state index contributed by atoms with van der Waals surface area (Å²) < 4.78 is 9.26. The van der Waals surface area contributed by atoms with E-state index in [2.05, 4.69) is 10.3 Å². The molecule has 0 bridgehead atoms. The monoisotopic (exact) mass is 385 g/mol. The molecular formula is C19H23N5O4. The van der Waals surface area contributed by atoms with E-state index in [0.717, 1.165) is 16.7 Å². The molecule has 1 N–H and O–H groups in total. The molecule has 3 rings (SSSR count). The number of rotatable bonds is 7. The van der Waals surface area contributed by atoms with Crippen LogP contribution in [0.25, 0.3) is 11.2 Å². The van der Waals surface area contributed by atoms with Crippen LogP contribution in [0.4, 0.5) is 5.69 Å². The molecule has 0 unspecified atom stereocenters. The highest BCUT2D eigenvalue weighted by atomic mass is 16.5. The van der Waals surface area contributed by atoms with Crippen molar-refractivity contribution in [3.63, 3.8) is 0 Å². The van der Waals surface area contributed by atoms with E-state index in [1.54, 1.807) is 42.2 Å². The van der Waals surface area contributed by atoms with Gasteiger partial charge in [0.15, 0.2) is 11.2 Å². The number of esters is 1. The first-order valence-electron chi connectivity index (χ1n) is 9.06. The number of fused-ring (bicyclic) bond motifs is 1. The fourth-order valence-electron chi connectivity index (χ4n) is 2.89. The molecule has 9 nitrogen and oxygen atoms in total. The molecule has 0 aliphatic carbocycles. The van der Waals surface area contributed by atoms with Crippen molar-refractivity contribution < 1.29 is 9.53 Å². The summed E-state index contributed by atoms with van der Waals surface area (Å²) in [6.45, 7) is 3.38. The third-order valence-electron chi connectivity index (χ3n) is 4.46. The van der Waals surface area contributed by atoms with Crippen molar-refractivity contribution in [2.45, 2.75) is 19.9 Å². The SMILES string of the molecule is CCCOC(=O)c1ccc(NCCn2cnc3c2c(=O)n(C)c(=O)n3C)cc1. The molecule has 0 radical (unpaired) electrons. The number of imidazole rings is 1. The first-order chi connectivity index (χ1) is 13.4. The number of aromatic nitrogens is 4. The molecule has 0 atom stereocenters. The minimum Gasteiger partial charge on any atom is -0.462 e. The lowest BCUT2D eigenvalue weighted by molar-refractivity contribution is 0.0505. The van der Waals surface area contributed by atoms with Crippen molar-refractivity contribution in [2.75, 3.05) is 18.5 Å². The van der Waals surface area contributed by atoms with Gasteiger partial charge in [0.1, 0.15) is 0 Å². The van der Waals surface area contributed by atoms with E-state index >= 15 is 0 Å². The number of ether oxygens (including phenoxy) is 1. The quantitative estimate of drug-likeness (QED) is 0.612. The zero-order valence-electron chi connectivity index (χ0n) is 16.1. The summed E-state index contributed by atoms with van der Waals surface area (Å²) in [5, 5.41) is 3.24. The van der Waals surface area contributed by atoms with Gasteiger partial charge in [-0.3, -0.25) is 13.9 Å². The molecule has 3 aromatic rings. The first-order valence-corrected chi connectivity index (χ1v) is 9.06. The molecule has 9 heteroatoms. The Kier molecular flexibility index (Phi) is 5.62. The molecule has 0 fully saturated rings. The average molecular weight is 385 g/mol. The number of nitrogens with one attached hydrogen (secondary N) is 1. The minimum absolute atomic E-state index is 0.334. The van der Waals surface area contributed by atoms with Crippen LogP contribution in [0.3, 0.4) is 0 Å². The van der Waals surface area contributed by atoms with Crippen molar-refractivity contribution in [1.29, 1.82) is 0 Å². The van der Waals surface area contributed by atoms with Crippen LogP contribution in [0.15, 0.2) is 40.2 Å². The molecule has 28 heavy (non-hydrogen) atoms. The Morgan fingerprint density at radius 3 is 2.54 bits per heavy atom. The third-order valence-corrected chi connectivity index (χ3v) is 4.46. The summed E-state index contributed by atoms with van der Waals surface area (Å²) in [5.41, 5.74) is 1.33. The topological polar surface area (TPSA) is 100 Å². The highest BCUT2D eigenvalue weighted by Crippen LogP contribution is 2.11. The second-order valence-electron chi connectivity index (χ2n) is 6.46. The van der Waals surface area contributed by atoms with Gasteiger partial charge in [-0.05, 0) is 30.7 Å². The van der Waals surface area contributed by atoms with E-state index in [4.69, 9.17) is 4.74 Å². The summed E-state index contributed by atoms with van der Waals surface area (Å²) in [7, 11) is 3.04. The molecule has 0 saturated carbocycles. The number of aryl methyl sites for hydroxylation is 1. The second kappa shape index (κ2) is 8.12. The van der Waals surface area contributed by atoms with E-state index < -0.39 is 5.69 Å².